The normalized spacial score (nSPS) is 13.0. The molecule has 0 fully saturated rings. The number of hydrogen-bond acceptors (Lipinski definition) is 3. The van der Waals surface area contributed by atoms with Crippen molar-refractivity contribution < 1.29 is 13.5 Å². The minimum Gasteiger partial charge on any atom is -0.768 e. The van der Waals surface area contributed by atoms with Crippen LogP contribution < -0.4 is 4.74 Å². The summed E-state index contributed by atoms with van der Waals surface area (Å²) in [6.07, 6.45) is 1.41. The Morgan fingerprint density at radius 2 is 2.27 bits per heavy atom. The van der Waals surface area contributed by atoms with Crippen LogP contribution in [0.15, 0.2) is 23.2 Å². The Morgan fingerprint density at radius 1 is 1.53 bits per heavy atom. The van der Waals surface area contributed by atoms with Crippen molar-refractivity contribution in [1.29, 1.82) is 0 Å². The maximum absolute atomic E-state index is 10.9. The quantitative estimate of drug-likeness (QED) is 0.823. The summed E-state index contributed by atoms with van der Waals surface area (Å²) in [5.41, 5.74) is 0.587. The molecule has 1 aromatic heterocycles. The molecule has 0 aliphatic heterocycles. The number of aromatic nitrogens is 1. The average molecular weight is 245 g/mol. The van der Waals surface area contributed by atoms with Gasteiger partial charge < -0.3 is 14.3 Å². The Kier molecular flexibility index (Phi) is 2.68. The van der Waals surface area contributed by atoms with E-state index in [-0.39, 0.29) is 4.90 Å². The van der Waals surface area contributed by atoms with E-state index >= 15 is 0 Å². The van der Waals surface area contributed by atoms with Crippen molar-refractivity contribution in [3.8, 4) is 5.75 Å². The lowest BCUT2D eigenvalue weighted by molar-refractivity contribution is 0.419. The number of H-pyrrole nitrogens is 1. The van der Waals surface area contributed by atoms with E-state index in [9.17, 15) is 8.76 Å². The van der Waals surface area contributed by atoms with Crippen LogP contribution in [0.2, 0.25) is 5.02 Å². The molecule has 80 valence electrons. The van der Waals surface area contributed by atoms with Crippen molar-refractivity contribution in [1.82, 2.24) is 4.98 Å². The Bertz CT molecular complexity index is 537. The van der Waals surface area contributed by atoms with Gasteiger partial charge in [-0.05, 0) is 23.2 Å². The largest absolute Gasteiger partial charge is 0.768 e. The molecule has 0 saturated heterocycles. The van der Waals surface area contributed by atoms with Crippen LogP contribution in [0.3, 0.4) is 0 Å². The molecule has 1 aromatic carbocycles. The zero-order chi connectivity index (χ0) is 11.0. The lowest BCUT2D eigenvalue weighted by atomic mass is 10.2. The Hall–Kier alpha value is -1.04. The molecule has 0 saturated carbocycles. The zero-order valence-electron chi connectivity index (χ0n) is 7.74. The summed E-state index contributed by atoms with van der Waals surface area (Å²) >= 11 is 3.62. The number of aromatic amines is 1. The van der Waals surface area contributed by atoms with Crippen LogP contribution in [0.4, 0.5) is 0 Å². The molecule has 0 bridgehead atoms. The molecule has 0 aliphatic carbocycles. The van der Waals surface area contributed by atoms with Crippen LogP contribution in [-0.4, -0.2) is 20.9 Å². The van der Waals surface area contributed by atoms with E-state index in [2.05, 4.69) is 4.98 Å². The highest BCUT2D eigenvalue weighted by atomic mass is 35.5. The molecule has 0 aliphatic rings. The summed E-state index contributed by atoms with van der Waals surface area (Å²) in [6.45, 7) is 0. The van der Waals surface area contributed by atoms with Crippen molar-refractivity contribution in [2.75, 3.05) is 7.11 Å². The van der Waals surface area contributed by atoms with E-state index in [4.69, 9.17) is 16.3 Å². The Morgan fingerprint density at radius 3 is 2.87 bits per heavy atom. The molecule has 0 amide bonds. The lowest BCUT2D eigenvalue weighted by Crippen LogP contribution is -1.88. The Labute approximate surface area is 93.5 Å². The fourth-order valence-electron chi connectivity index (χ4n) is 1.46. The highest BCUT2D eigenvalue weighted by molar-refractivity contribution is 7.79. The van der Waals surface area contributed by atoms with Crippen molar-refractivity contribution >= 4 is 33.6 Å². The van der Waals surface area contributed by atoms with Crippen molar-refractivity contribution in [2.24, 2.45) is 0 Å². The molecule has 0 radical (unpaired) electrons. The van der Waals surface area contributed by atoms with Gasteiger partial charge in [-0.15, -0.1) is 0 Å². The monoisotopic (exact) mass is 244 g/mol. The van der Waals surface area contributed by atoms with E-state index in [0.29, 0.717) is 21.7 Å². The fourth-order valence-corrected chi connectivity index (χ4v) is 2.20. The number of rotatable bonds is 2. The van der Waals surface area contributed by atoms with Gasteiger partial charge in [-0.3, -0.25) is 4.21 Å². The molecule has 15 heavy (non-hydrogen) atoms. The van der Waals surface area contributed by atoms with Crippen molar-refractivity contribution in [3.05, 3.63) is 23.4 Å². The van der Waals surface area contributed by atoms with Gasteiger partial charge in [-0.1, -0.05) is 11.6 Å². The first kappa shape index (κ1) is 10.5. The second-order valence-electron chi connectivity index (χ2n) is 2.89. The van der Waals surface area contributed by atoms with Gasteiger partial charge in [-0.2, -0.15) is 0 Å². The number of fused-ring (bicyclic) bond motifs is 1. The molecule has 2 aromatic rings. The molecule has 1 atom stereocenters. The maximum Gasteiger partial charge on any atom is 0.161 e. The number of nitrogens with one attached hydrogen (secondary N) is 1. The molecule has 1 N–H and O–H groups in total. The number of ether oxygens (including phenoxy) is 1. The van der Waals surface area contributed by atoms with Crippen LogP contribution in [0, 0.1) is 0 Å². The number of hydrogen-bond donors (Lipinski definition) is 1. The predicted molar refractivity (Wildman–Crippen MR) is 57.0 cm³/mol. The van der Waals surface area contributed by atoms with Crippen LogP contribution in [-0.2, 0) is 11.1 Å². The molecular weight excluding hydrogens is 238 g/mol. The molecule has 1 heterocycles. The molecule has 4 nitrogen and oxygen atoms in total. The average Bonchev–Trinajstić information content (AvgIpc) is 2.61. The highest BCUT2D eigenvalue weighted by Crippen LogP contribution is 2.34. The maximum atomic E-state index is 10.9. The van der Waals surface area contributed by atoms with E-state index < -0.39 is 11.1 Å². The molecule has 2 rings (SSSR count). The van der Waals surface area contributed by atoms with Gasteiger partial charge in [0, 0.05) is 11.6 Å². The third kappa shape index (κ3) is 1.62. The topological polar surface area (TPSA) is 65.2 Å². The lowest BCUT2D eigenvalue weighted by Gasteiger charge is -2.05. The first-order chi connectivity index (χ1) is 7.15. The number of benzene rings is 1. The molecule has 6 heteroatoms. The summed E-state index contributed by atoms with van der Waals surface area (Å²) in [6, 6.07) is 3.24. The van der Waals surface area contributed by atoms with Crippen LogP contribution in [0.5, 0.6) is 5.75 Å². The standard InChI is InChI=1S/C9H8ClNO3S/c1-14-9-6(10)3-2-5-7(15(12)13)4-11-8(5)9/h2-4,11H,1H3,(H,12,13)/p-1. The minimum atomic E-state index is -2.27. The predicted octanol–water partition coefficient (Wildman–Crippen LogP) is 2.07. The summed E-state index contributed by atoms with van der Waals surface area (Å²) in [5.74, 6) is 0.450. The third-order valence-corrected chi connectivity index (χ3v) is 3.10. The van der Waals surface area contributed by atoms with Gasteiger partial charge in [-0.25, -0.2) is 0 Å². The van der Waals surface area contributed by atoms with Crippen LogP contribution in [0.1, 0.15) is 0 Å². The van der Waals surface area contributed by atoms with Gasteiger partial charge in [0.1, 0.15) is 0 Å². The molecule has 1 unspecified atom stereocenters. The van der Waals surface area contributed by atoms with Gasteiger partial charge in [0.2, 0.25) is 0 Å². The van der Waals surface area contributed by atoms with Crippen LogP contribution in [0.25, 0.3) is 10.9 Å². The summed E-state index contributed by atoms with van der Waals surface area (Å²) in [7, 11) is 1.48. The second-order valence-corrected chi connectivity index (χ2v) is 4.21. The first-order valence-electron chi connectivity index (χ1n) is 4.08. The van der Waals surface area contributed by atoms with Gasteiger partial charge >= 0.3 is 0 Å². The minimum absolute atomic E-state index is 0.208. The number of halogens is 1. The van der Waals surface area contributed by atoms with E-state index in [1.807, 2.05) is 0 Å². The van der Waals surface area contributed by atoms with Crippen molar-refractivity contribution in [2.45, 2.75) is 4.90 Å². The van der Waals surface area contributed by atoms with E-state index in [1.165, 1.54) is 13.3 Å². The molecule has 0 spiro atoms. The number of methoxy groups -OCH3 is 1. The highest BCUT2D eigenvalue weighted by Gasteiger charge is 2.11. The first-order valence-corrected chi connectivity index (χ1v) is 5.53. The zero-order valence-corrected chi connectivity index (χ0v) is 9.32. The van der Waals surface area contributed by atoms with E-state index in [1.54, 1.807) is 12.1 Å². The van der Waals surface area contributed by atoms with Gasteiger partial charge in [0.05, 0.1) is 22.5 Å². The third-order valence-electron chi connectivity index (χ3n) is 2.11. The second kappa shape index (κ2) is 3.84. The smallest absolute Gasteiger partial charge is 0.161 e. The molecular formula is C9H7ClNO3S-. The SMILES string of the molecule is COc1c(Cl)ccc2c(S(=O)[O-])c[nH]c12. The van der Waals surface area contributed by atoms with Crippen LogP contribution >= 0.6 is 11.6 Å². The summed E-state index contributed by atoms with van der Waals surface area (Å²) in [4.78, 5) is 3.04. The fraction of sp³-hybridized carbons (Fsp3) is 0.111. The Balaban J connectivity index is 2.80. The van der Waals surface area contributed by atoms with E-state index in [0.717, 1.165) is 0 Å². The summed E-state index contributed by atoms with van der Waals surface area (Å²) < 4.78 is 26.8. The van der Waals surface area contributed by atoms with Crippen molar-refractivity contribution in [3.63, 3.8) is 0 Å². The van der Waals surface area contributed by atoms with Gasteiger partial charge in [0.25, 0.3) is 0 Å². The van der Waals surface area contributed by atoms with Gasteiger partial charge in [0.15, 0.2) is 5.75 Å². The summed E-state index contributed by atoms with van der Waals surface area (Å²) in [5, 5.41) is 1.01.